The van der Waals surface area contributed by atoms with Crippen molar-refractivity contribution in [3.05, 3.63) is 29.3 Å². The molecule has 0 atom stereocenters. The van der Waals surface area contributed by atoms with Crippen molar-refractivity contribution in [3.63, 3.8) is 0 Å². The molecule has 4 heteroatoms. The van der Waals surface area contributed by atoms with Crippen LogP contribution in [0.3, 0.4) is 0 Å². The van der Waals surface area contributed by atoms with Gasteiger partial charge in [0.25, 0.3) is 5.91 Å². The van der Waals surface area contributed by atoms with Gasteiger partial charge in [0.05, 0.1) is 6.10 Å². The maximum atomic E-state index is 12.4. The first-order valence-corrected chi connectivity index (χ1v) is 6.73. The molecule has 0 aliphatic heterocycles. The second-order valence-corrected chi connectivity index (χ2v) is 5.46. The Bertz CT molecular complexity index is 467. The highest BCUT2D eigenvalue weighted by molar-refractivity contribution is 5.95. The molecule has 1 amide bonds. The average molecular weight is 262 g/mol. The lowest BCUT2D eigenvalue weighted by Crippen LogP contribution is -2.39. The Balaban J connectivity index is 2.02. The summed E-state index contributed by atoms with van der Waals surface area (Å²) >= 11 is 0. The first-order chi connectivity index (χ1) is 9.01. The van der Waals surface area contributed by atoms with E-state index in [1.807, 2.05) is 39.2 Å². The SMILES string of the molecule is CNc1ccc(C(=O)N(C)CC2CC(O)C2)c(C)c1. The number of benzene rings is 1. The van der Waals surface area contributed by atoms with Gasteiger partial charge in [-0.15, -0.1) is 0 Å². The summed E-state index contributed by atoms with van der Waals surface area (Å²) in [7, 11) is 3.70. The van der Waals surface area contributed by atoms with E-state index in [4.69, 9.17) is 0 Å². The molecule has 0 bridgehead atoms. The quantitative estimate of drug-likeness (QED) is 0.871. The number of rotatable bonds is 4. The molecule has 0 aromatic heterocycles. The number of aliphatic hydroxyl groups is 1. The smallest absolute Gasteiger partial charge is 0.253 e. The van der Waals surface area contributed by atoms with Crippen molar-refractivity contribution in [1.29, 1.82) is 0 Å². The van der Waals surface area contributed by atoms with Crippen molar-refractivity contribution in [3.8, 4) is 0 Å². The Morgan fingerprint density at radius 2 is 2.16 bits per heavy atom. The van der Waals surface area contributed by atoms with E-state index in [9.17, 15) is 9.90 Å². The fourth-order valence-corrected chi connectivity index (χ4v) is 2.58. The molecule has 1 aromatic rings. The lowest BCUT2D eigenvalue weighted by Gasteiger charge is -2.34. The molecule has 0 unspecified atom stereocenters. The Morgan fingerprint density at radius 1 is 1.47 bits per heavy atom. The number of carbonyl (C=O) groups excluding carboxylic acids is 1. The molecule has 0 saturated heterocycles. The number of hydrogen-bond donors (Lipinski definition) is 2. The highest BCUT2D eigenvalue weighted by Gasteiger charge is 2.29. The van der Waals surface area contributed by atoms with E-state index in [0.29, 0.717) is 5.92 Å². The van der Waals surface area contributed by atoms with E-state index in [1.165, 1.54) is 0 Å². The van der Waals surface area contributed by atoms with Crippen molar-refractivity contribution >= 4 is 11.6 Å². The number of hydrogen-bond acceptors (Lipinski definition) is 3. The zero-order valence-electron chi connectivity index (χ0n) is 11.8. The number of amides is 1. The minimum Gasteiger partial charge on any atom is -0.393 e. The molecule has 0 heterocycles. The number of carbonyl (C=O) groups is 1. The summed E-state index contributed by atoms with van der Waals surface area (Å²) in [5.74, 6) is 0.502. The lowest BCUT2D eigenvalue weighted by molar-refractivity contribution is 0.0265. The standard InChI is InChI=1S/C15H22N2O2/c1-10-6-12(16-2)4-5-14(10)15(19)17(3)9-11-7-13(18)8-11/h4-6,11,13,16,18H,7-9H2,1-3H3. The van der Waals surface area contributed by atoms with Gasteiger partial charge in [0, 0.05) is 31.9 Å². The molecule has 2 N–H and O–H groups in total. The van der Waals surface area contributed by atoms with Crippen molar-refractivity contribution in [2.75, 3.05) is 26.0 Å². The van der Waals surface area contributed by atoms with Crippen LogP contribution in [-0.4, -0.2) is 42.7 Å². The van der Waals surface area contributed by atoms with E-state index in [-0.39, 0.29) is 12.0 Å². The summed E-state index contributed by atoms with van der Waals surface area (Å²) in [6.07, 6.45) is 1.47. The molecule has 1 saturated carbocycles. The number of aliphatic hydroxyl groups excluding tert-OH is 1. The lowest BCUT2D eigenvalue weighted by atomic mass is 9.82. The third-order valence-corrected chi connectivity index (χ3v) is 3.84. The van der Waals surface area contributed by atoms with Gasteiger partial charge in [0.1, 0.15) is 0 Å². The second kappa shape index (κ2) is 5.61. The largest absolute Gasteiger partial charge is 0.393 e. The Labute approximate surface area is 114 Å². The second-order valence-electron chi connectivity index (χ2n) is 5.46. The summed E-state index contributed by atoms with van der Waals surface area (Å²) in [6.45, 7) is 2.68. The summed E-state index contributed by atoms with van der Waals surface area (Å²) in [5.41, 5.74) is 2.75. The number of nitrogens with zero attached hydrogens (tertiary/aromatic N) is 1. The van der Waals surface area contributed by atoms with Crippen molar-refractivity contribution in [2.24, 2.45) is 5.92 Å². The van der Waals surface area contributed by atoms with Crippen LogP contribution in [0.15, 0.2) is 18.2 Å². The Kier molecular flexibility index (Phi) is 4.10. The highest BCUT2D eigenvalue weighted by atomic mass is 16.3. The van der Waals surface area contributed by atoms with Crippen molar-refractivity contribution < 1.29 is 9.90 Å². The molecule has 1 fully saturated rings. The first-order valence-electron chi connectivity index (χ1n) is 6.73. The number of anilines is 1. The molecule has 4 nitrogen and oxygen atoms in total. The van der Waals surface area contributed by atoms with Crippen LogP contribution < -0.4 is 5.32 Å². The van der Waals surface area contributed by atoms with Gasteiger partial charge in [-0.05, 0) is 49.4 Å². The molecule has 1 aliphatic rings. The van der Waals surface area contributed by atoms with Gasteiger partial charge >= 0.3 is 0 Å². The van der Waals surface area contributed by atoms with Crippen LogP contribution in [-0.2, 0) is 0 Å². The van der Waals surface area contributed by atoms with E-state index >= 15 is 0 Å². The zero-order valence-corrected chi connectivity index (χ0v) is 11.8. The average Bonchev–Trinajstić information content (AvgIpc) is 2.35. The summed E-state index contributed by atoms with van der Waals surface area (Å²) < 4.78 is 0. The van der Waals surface area contributed by atoms with Gasteiger partial charge in [0.2, 0.25) is 0 Å². The molecule has 1 aromatic carbocycles. The van der Waals surface area contributed by atoms with Crippen LogP contribution in [0, 0.1) is 12.8 Å². The van der Waals surface area contributed by atoms with Crippen molar-refractivity contribution in [1.82, 2.24) is 4.90 Å². The molecular formula is C15H22N2O2. The summed E-state index contributed by atoms with van der Waals surface area (Å²) in [4.78, 5) is 14.1. The minimum atomic E-state index is -0.162. The van der Waals surface area contributed by atoms with Crippen LogP contribution in [0.2, 0.25) is 0 Å². The minimum absolute atomic E-state index is 0.0570. The molecule has 0 radical (unpaired) electrons. The van der Waals surface area contributed by atoms with Crippen LogP contribution in [0.25, 0.3) is 0 Å². The molecule has 0 spiro atoms. The van der Waals surface area contributed by atoms with E-state index < -0.39 is 0 Å². The number of aryl methyl sites for hydroxylation is 1. The van der Waals surface area contributed by atoms with Gasteiger partial charge in [-0.25, -0.2) is 0 Å². The third-order valence-electron chi connectivity index (χ3n) is 3.84. The fourth-order valence-electron chi connectivity index (χ4n) is 2.58. The molecular weight excluding hydrogens is 240 g/mol. The fraction of sp³-hybridized carbons (Fsp3) is 0.533. The van der Waals surface area contributed by atoms with Gasteiger partial charge in [-0.3, -0.25) is 4.79 Å². The maximum absolute atomic E-state index is 12.4. The monoisotopic (exact) mass is 262 g/mol. The molecule has 1 aliphatic carbocycles. The molecule has 104 valence electrons. The highest BCUT2D eigenvalue weighted by Crippen LogP contribution is 2.28. The van der Waals surface area contributed by atoms with E-state index in [1.54, 1.807) is 4.90 Å². The van der Waals surface area contributed by atoms with Crippen molar-refractivity contribution in [2.45, 2.75) is 25.9 Å². The van der Waals surface area contributed by atoms with Crippen LogP contribution >= 0.6 is 0 Å². The van der Waals surface area contributed by atoms with Gasteiger partial charge in [-0.2, -0.15) is 0 Å². The van der Waals surface area contributed by atoms with Gasteiger partial charge < -0.3 is 15.3 Å². The zero-order chi connectivity index (χ0) is 14.0. The first kappa shape index (κ1) is 13.9. The number of nitrogens with one attached hydrogen (secondary N) is 1. The van der Waals surface area contributed by atoms with Gasteiger partial charge in [-0.1, -0.05) is 0 Å². The normalized spacial score (nSPS) is 21.7. The predicted octanol–water partition coefficient (Wildman–Crippen LogP) is 1.88. The molecule has 19 heavy (non-hydrogen) atoms. The summed E-state index contributed by atoms with van der Waals surface area (Å²) in [5, 5.41) is 12.3. The third kappa shape index (κ3) is 3.07. The van der Waals surface area contributed by atoms with Gasteiger partial charge in [0.15, 0.2) is 0 Å². The topological polar surface area (TPSA) is 52.6 Å². The Hall–Kier alpha value is -1.55. The van der Waals surface area contributed by atoms with Crippen LogP contribution in [0.1, 0.15) is 28.8 Å². The molecule has 2 rings (SSSR count). The Morgan fingerprint density at radius 3 is 2.68 bits per heavy atom. The summed E-state index contributed by atoms with van der Waals surface area (Å²) in [6, 6.07) is 5.77. The van der Waals surface area contributed by atoms with E-state index in [0.717, 1.165) is 36.2 Å². The maximum Gasteiger partial charge on any atom is 0.253 e. The van der Waals surface area contributed by atoms with Crippen LogP contribution in [0.4, 0.5) is 5.69 Å². The van der Waals surface area contributed by atoms with E-state index in [2.05, 4.69) is 5.32 Å². The van der Waals surface area contributed by atoms with Crippen LogP contribution in [0.5, 0.6) is 0 Å². The predicted molar refractivity (Wildman–Crippen MR) is 76.4 cm³/mol.